The topological polar surface area (TPSA) is 75.7 Å². The Bertz CT molecular complexity index is 685. The zero-order chi connectivity index (χ0) is 16.9. The number of amides is 1. The SMILES string of the molecule is COc1ccccc1/C=C/C(=O)N1CCCC(NS(C)(=O)=O)C1. The second-order valence-corrected chi connectivity index (χ2v) is 7.37. The van der Waals surface area contributed by atoms with Gasteiger partial charge >= 0.3 is 0 Å². The minimum absolute atomic E-state index is 0.129. The summed E-state index contributed by atoms with van der Waals surface area (Å²) in [5, 5.41) is 0. The molecule has 0 saturated carbocycles. The van der Waals surface area contributed by atoms with E-state index in [2.05, 4.69) is 4.72 Å². The second kappa shape index (κ2) is 7.61. The lowest BCUT2D eigenvalue weighted by Crippen LogP contribution is -2.48. The molecule has 0 radical (unpaired) electrons. The van der Waals surface area contributed by atoms with E-state index in [1.807, 2.05) is 24.3 Å². The molecule has 1 aliphatic rings. The van der Waals surface area contributed by atoms with Crippen LogP contribution in [0.2, 0.25) is 0 Å². The van der Waals surface area contributed by atoms with Crippen LogP contribution < -0.4 is 9.46 Å². The number of likely N-dealkylation sites (tertiary alicyclic amines) is 1. The Morgan fingerprint density at radius 3 is 2.83 bits per heavy atom. The van der Waals surface area contributed by atoms with Crippen LogP contribution in [0.4, 0.5) is 0 Å². The van der Waals surface area contributed by atoms with E-state index in [0.717, 1.165) is 24.7 Å². The molecule has 1 aromatic carbocycles. The van der Waals surface area contributed by atoms with E-state index in [4.69, 9.17) is 4.74 Å². The van der Waals surface area contributed by atoms with Crippen molar-refractivity contribution in [2.75, 3.05) is 26.5 Å². The van der Waals surface area contributed by atoms with Gasteiger partial charge in [-0.1, -0.05) is 18.2 Å². The van der Waals surface area contributed by atoms with Crippen molar-refractivity contribution in [2.45, 2.75) is 18.9 Å². The lowest BCUT2D eigenvalue weighted by Gasteiger charge is -2.32. The summed E-state index contributed by atoms with van der Waals surface area (Å²) in [6, 6.07) is 7.22. The number of benzene rings is 1. The number of nitrogens with one attached hydrogen (secondary N) is 1. The number of nitrogens with zero attached hydrogens (tertiary/aromatic N) is 1. The van der Waals surface area contributed by atoms with Crippen molar-refractivity contribution in [1.82, 2.24) is 9.62 Å². The minimum Gasteiger partial charge on any atom is -0.496 e. The quantitative estimate of drug-likeness (QED) is 0.820. The van der Waals surface area contributed by atoms with E-state index in [1.54, 1.807) is 18.1 Å². The molecule has 0 bridgehead atoms. The van der Waals surface area contributed by atoms with Gasteiger partial charge in [0.05, 0.1) is 13.4 Å². The Kier molecular flexibility index (Phi) is 5.79. The van der Waals surface area contributed by atoms with Crippen LogP contribution >= 0.6 is 0 Å². The first-order valence-corrected chi connectivity index (χ1v) is 9.35. The van der Waals surface area contributed by atoms with Gasteiger partial charge in [0.1, 0.15) is 5.75 Å². The Hall–Kier alpha value is -1.86. The Morgan fingerprint density at radius 1 is 1.39 bits per heavy atom. The number of rotatable bonds is 5. The largest absolute Gasteiger partial charge is 0.496 e. The van der Waals surface area contributed by atoms with Crippen molar-refractivity contribution in [3.63, 3.8) is 0 Å². The molecule has 126 valence electrons. The van der Waals surface area contributed by atoms with Gasteiger partial charge in [-0.2, -0.15) is 0 Å². The molecular formula is C16H22N2O4S. The average Bonchev–Trinajstić information content (AvgIpc) is 2.51. The summed E-state index contributed by atoms with van der Waals surface area (Å²) < 4.78 is 30.4. The first kappa shape index (κ1) is 17.5. The number of sulfonamides is 1. The molecular weight excluding hydrogens is 316 g/mol. The third-order valence-electron chi connectivity index (χ3n) is 3.66. The van der Waals surface area contributed by atoms with Crippen LogP contribution in [0.3, 0.4) is 0 Å². The molecule has 23 heavy (non-hydrogen) atoms. The molecule has 1 aliphatic heterocycles. The fourth-order valence-electron chi connectivity index (χ4n) is 2.65. The van der Waals surface area contributed by atoms with Crippen molar-refractivity contribution in [3.8, 4) is 5.75 Å². The van der Waals surface area contributed by atoms with Gasteiger partial charge in [-0.25, -0.2) is 13.1 Å². The maximum Gasteiger partial charge on any atom is 0.246 e. The molecule has 1 fully saturated rings. The van der Waals surface area contributed by atoms with Gasteiger partial charge in [-0.05, 0) is 25.0 Å². The number of ether oxygens (including phenoxy) is 1. The van der Waals surface area contributed by atoms with E-state index in [9.17, 15) is 13.2 Å². The van der Waals surface area contributed by atoms with Crippen molar-refractivity contribution in [1.29, 1.82) is 0 Å². The number of methoxy groups -OCH3 is 1. The summed E-state index contributed by atoms with van der Waals surface area (Å²) in [5.74, 6) is 0.572. The molecule has 1 aromatic rings. The third kappa shape index (κ3) is 5.37. The maximum absolute atomic E-state index is 12.3. The first-order valence-electron chi connectivity index (χ1n) is 7.46. The van der Waals surface area contributed by atoms with Crippen molar-refractivity contribution >= 4 is 22.0 Å². The number of carbonyl (C=O) groups is 1. The first-order chi connectivity index (χ1) is 10.9. The fraction of sp³-hybridized carbons (Fsp3) is 0.438. The van der Waals surface area contributed by atoms with E-state index in [1.165, 1.54) is 6.08 Å². The number of piperidine rings is 1. The smallest absolute Gasteiger partial charge is 0.246 e. The highest BCUT2D eigenvalue weighted by atomic mass is 32.2. The molecule has 0 spiro atoms. The van der Waals surface area contributed by atoms with Gasteiger partial charge in [-0.15, -0.1) is 0 Å². The van der Waals surface area contributed by atoms with Gasteiger partial charge in [-0.3, -0.25) is 4.79 Å². The molecule has 6 nitrogen and oxygen atoms in total. The van der Waals surface area contributed by atoms with E-state index >= 15 is 0 Å². The maximum atomic E-state index is 12.3. The van der Waals surface area contributed by atoms with Crippen molar-refractivity contribution < 1.29 is 17.9 Å². The van der Waals surface area contributed by atoms with Crippen LogP contribution in [-0.4, -0.2) is 51.7 Å². The van der Waals surface area contributed by atoms with Gasteiger partial charge in [0, 0.05) is 30.8 Å². The third-order valence-corrected chi connectivity index (χ3v) is 4.42. The van der Waals surface area contributed by atoms with Crippen LogP contribution in [0, 0.1) is 0 Å². The van der Waals surface area contributed by atoms with Gasteiger partial charge in [0.25, 0.3) is 0 Å². The van der Waals surface area contributed by atoms with Crippen LogP contribution in [0.15, 0.2) is 30.3 Å². The normalized spacial score (nSPS) is 19.0. The minimum atomic E-state index is -3.26. The van der Waals surface area contributed by atoms with Gasteiger partial charge in [0.2, 0.25) is 15.9 Å². The molecule has 1 heterocycles. The summed E-state index contributed by atoms with van der Waals surface area (Å²) >= 11 is 0. The highest BCUT2D eigenvalue weighted by Crippen LogP contribution is 2.19. The van der Waals surface area contributed by atoms with Crippen LogP contribution in [0.1, 0.15) is 18.4 Å². The highest BCUT2D eigenvalue weighted by molar-refractivity contribution is 7.88. The second-order valence-electron chi connectivity index (χ2n) is 5.59. The number of para-hydroxylation sites is 1. The van der Waals surface area contributed by atoms with Gasteiger partial charge < -0.3 is 9.64 Å². The zero-order valence-electron chi connectivity index (χ0n) is 13.4. The number of hydrogen-bond acceptors (Lipinski definition) is 4. The van der Waals surface area contributed by atoms with Crippen LogP contribution in [0.25, 0.3) is 6.08 Å². The predicted octanol–water partition coefficient (Wildman–Crippen LogP) is 1.25. The molecule has 0 aliphatic carbocycles. The summed E-state index contributed by atoms with van der Waals surface area (Å²) in [7, 11) is -1.68. The van der Waals surface area contributed by atoms with E-state index < -0.39 is 10.0 Å². The monoisotopic (exact) mass is 338 g/mol. The molecule has 0 aromatic heterocycles. The average molecular weight is 338 g/mol. The molecule has 1 N–H and O–H groups in total. The molecule has 1 atom stereocenters. The number of hydrogen-bond donors (Lipinski definition) is 1. The van der Waals surface area contributed by atoms with Crippen molar-refractivity contribution in [3.05, 3.63) is 35.9 Å². The summed E-state index contributed by atoms with van der Waals surface area (Å²) in [6.07, 6.45) is 5.87. The summed E-state index contributed by atoms with van der Waals surface area (Å²) in [6.45, 7) is 1.03. The molecule has 2 rings (SSSR count). The zero-order valence-corrected chi connectivity index (χ0v) is 14.2. The molecule has 1 unspecified atom stereocenters. The Morgan fingerprint density at radius 2 is 2.13 bits per heavy atom. The Balaban J connectivity index is 2.01. The molecule has 7 heteroatoms. The highest BCUT2D eigenvalue weighted by Gasteiger charge is 2.24. The standard InChI is InChI=1S/C16H22N2O4S/c1-22-15-8-4-3-6-13(15)9-10-16(19)18-11-5-7-14(12-18)17-23(2,20)21/h3-4,6,8-10,14,17H,5,7,11-12H2,1-2H3/b10-9+. The van der Waals surface area contributed by atoms with Crippen molar-refractivity contribution in [2.24, 2.45) is 0 Å². The van der Waals surface area contributed by atoms with Crippen LogP contribution in [-0.2, 0) is 14.8 Å². The van der Waals surface area contributed by atoms with E-state index in [-0.39, 0.29) is 11.9 Å². The van der Waals surface area contributed by atoms with Crippen LogP contribution in [0.5, 0.6) is 5.75 Å². The fourth-order valence-corrected chi connectivity index (χ4v) is 3.44. The van der Waals surface area contributed by atoms with Gasteiger partial charge in [0.15, 0.2) is 0 Å². The number of carbonyl (C=O) groups excluding carboxylic acids is 1. The lowest BCUT2D eigenvalue weighted by atomic mass is 10.1. The molecule has 1 amide bonds. The lowest BCUT2D eigenvalue weighted by molar-refractivity contribution is -0.127. The van der Waals surface area contributed by atoms with E-state index in [0.29, 0.717) is 18.8 Å². The summed E-state index contributed by atoms with van der Waals surface area (Å²) in [4.78, 5) is 14.0. The Labute approximate surface area is 137 Å². The predicted molar refractivity (Wildman–Crippen MR) is 89.6 cm³/mol. The summed E-state index contributed by atoms with van der Waals surface area (Å²) in [5.41, 5.74) is 0.825. The molecule has 1 saturated heterocycles.